The standard InChI is InChI=1S/C26H31NO4/c1-14-11-17-9-8-10-19(29-5)24(17)26(28)22(14)25-18-12-15(2)27(4)16(3)23(18)20(30-6)13-21(25)31-7/h8-11,13,15-16,28H,12H2,1-7H3/t15-,16+/m0/s1. The molecule has 1 N–H and O–H groups in total. The number of hydrogen-bond acceptors (Lipinski definition) is 5. The molecule has 0 amide bonds. The zero-order chi connectivity index (χ0) is 22.4. The van der Waals surface area contributed by atoms with E-state index in [0.717, 1.165) is 39.8 Å². The van der Waals surface area contributed by atoms with Gasteiger partial charge in [0.15, 0.2) is 0 Å². The third kappa shape index (κ3) is 3.19. The highest BCUT2D eigenvalue weighted by Crippen LogP contribution is 2.52. The number of rotatable bonds is 4. The number of fused-ring (bicyclic) bond motifs is 2. The van der Waals surface area contributed by atoms with Gasteiger partial charge in [0.2, 0.25) is 0 Å². The number of hydrogen-bond donors (Lipinski definition) is 1. The van der Waals surface area contributed by atoms with Gasteiger partial charge in [-0.2, -0.15) is 0 Å². The van der Waals surface area contributed by atoms with Crippen molar-refractivity contribution in [2.45, 2.75) is 39.3 Å². The molecule has 2 atom stereocenters. The van der Waals surface area contributed by atoms with Gasteiger partial charge in [0.1, 0.15) is 23.0 Å². The molecule has 4 rings (SSSR count). The number of ether oxygens (including phenoxy) is 3. The van der Waals surface area contributed by atoms with Gasteiger partial charge in [-0.25, -0.2) is 0 Å². The zero-order valence-electron chi connectivity index (χ0n) is 19.4. The van der Waals surface area contributed by atoms with E-state index in [0.29, 0.717) is 22.9 Å². The Labute approximate surface area is 184 Å². The predicted octanol–water partition coefficient (Wildman–Crippen LogP) is 5.48. The first kappa shape index (κ1) is 21.3. The molecule has 0 saturated carbocycles. The Hall–Kier alpha value is -2.92. The van der Waals surface area contributed by atoms with E-state index in [1.165, 1.54) is 5.56 Å². The summed E-state index contributed by atoms with van der Waals surface area (Å²) in [6.07, 6.45) is 0.835. The molecule has 0 aliphatic carbocycles. The van der Waals surface area contributed by atoms with Crippen molar-refractivity contribution in [1.29, 1.82) is 0 Å². The minimum Gasteiger partial charge on any atom is -0.506 e. The van der Waals surface area contributed by atoms with Crippen LogP contribution in [0.2, 0.25) is 0 Å². The van der Waals surface area contributed by atoms with Crippen molar-refractivity contribution in [3.8, 4) is 34.1 Å². The lowest BCUT2D eigenvalue weighted by Gasteiger charge is -2.39. The molecule has 1 heterocycles. The van der Waals surface area contributed by atoms with Crippen LogP contribution < -0.4 is 14.2 Å². The number of aromatic hydroxyl groups is 1. The molecule has 0 fully saturated rings. The molecule has 3 aromatic rings. The number of aryl methyl sites for hydroxylation is 1. The van der Waals surface area contributed by atoms with Crippen molar-refractivity contribution >= 4 is 10.8 Å². The Morgan fingerprint density at radius 3 is 2.26 bits per heavy atom. The Balaban J connectivity index is 2.14. The lowest BCUT2D eigenvalue weighted by atomic mass is 9.81. The largest absolute Gasteiger partial charge is 0.506 e. The predicted molar refractivity (Wildman–Crippen MR) is 125 cm³/mol. The van der Waals surface area contributed by atoms with Gasteiger partial charge in [-0.05, 0) is 56.8 Å². The van der Waals surface area contributed by atoms with Crippen LogP contribution in [0.15, 0.2) is 30.3 Å². The van der Waals surface area contributed by atoms with Crippen molar-refractivity contribution < 1.29 is 19.3 Å². The molecule has 164 valence electrons. The summed E-state index contributed by atoms with van der Waals surface area (Å²) in [5.41, 5.74) is 5.03. The molecular formula is C26H31NO4. The maximum Gasteiger partial charge on any atom is 0.135 e. The summed E-state index contributed by atoms with van der Waals surface area (Å²) in [6.45, 7) is 6.46. The van der Waals surface area contributed by atoms with Crippen molar-refractivity contribution in [3.63, 3.8) is 0 Å². The van der Waals surface area contributed by atoms with Crippen LogP contribution in [0.5, 0.6) is 23.0 Å². The molecule has 0 spiro atoms. The molecule has 0 bridgehead atoms. The number of benzene rings is 3. The molecule has 1 aliphatic rings. The van der Waals surface area contributed by atoms with Gasteiger partial charge in [-0.1, -0.05) is 18.2 Å². The Bertz CT molecular complexity index is 1150. The van der Waals surface area contributed by atoms with Crippen molar-refractivity contribution in [2.75, 3.05) is 28.4 Å². The molecule has 0 unspecified atom stereocenters. The van der Waals surface area contributed by atoms with Crippen molar-refractivity contribution in [3.05, 3.63) is 47.0 Å². The fourth-order valence-corrected chi connectivity index (χ4v) is 5.02. The number of likely N-dealkylation sites (N-methyl/N-ethyl adjacent to an activating group) is 1. The first-order chi connectivity index (χ1) is 14.8. The molecule has 31 heavy (non-hydrogen) atoms. The van der Waals surface area contributed by atoms with E-state index >= 15 is 0 Å². The van der Waals surface area contributed by atoms with E-state index in [4.69, 9.17) is 14.2 Å². The SMILES string of the molecule is COc1cc(OC)c2c(c1-c1c(C)cc3cccc(OC)c3c1O)C[C@H](C)N(C)[C@@H]2C. The Morgan fingerprint density at radius 2 is 1.61 bits per heavy atom. The summed E-state index contributed by atoms with van der Waals surface area (Å²) >= 11 is 0. The van der Waals surface area contributed by atoms with Gasteiger partial charge in [0.05, 0.1) is 26.7 Å². The van der Waals surface area contributed by atoms with E-state index < -0.39 is 0 Å². The van der Waals surface area contributed by atoms with Crippen LogP contribution in [0, 0.1) is 6.92 Å². The fourth-order valence-electron chi connectivity index (χ4n) is 5.02. The monoisotopic (exact) mass is 421 g/mol. The topological polar surface area (TPSA) is 51.2 Å². The first-order valence-electron chi connectivity index (χ1n) is 10.6. The number of phenolic OH excluding ortho intramolecular Hbond substituents is 1. The molecule has 5 heteroatoms. The van der Waals surface area contributed by atoms with Crippen molar-refractivity contribution in [1.82, 2.24) is 4.90 Å². The minimum atomic E-state index is 0.177. The van der Waals surface area contributed by atoms with Crippen LogP contribution in [0.1, 0.15) is 36.6 Å². The molecule has 0 radical (unpaired) electrons. The van der Waals surface area contributed by atoms with Crippen LogP contribution in [-0.4, -0.2) is 44.4 Å². The smallest absolute Gasteiger partial charge is 0.135 e. The maximum atomic E-state index is 11.6. The second-order valence-electron chi connectivity index (χ2n) is 8.42. The second kappa shape index (κ2) is 7.97. The number of methoxy groups -OCH3 is 3. The second-order valence-corrected chi connectivity index (χ2v) is 8.42. The lowest BCUT2D eigenvalue weighted by molar-refractivity contribution is 0.175. The van der Waals surface area contributed by atoms with E-state index in [9.17, 15) is 5.11 Å². The summed E-state index contributed by atoms with van der Waals surface area (Å²) in [6, 6.07) is 10.4. The van der Waals surface area contributed by atoms with E-state index in [2.05, 4.69) is 31.9 Å². The van der Waals surface area contributed by atoms with Gasteiger partial charge in [0, 0.05) is 34.8 Å². The van der Waals surface area contributed by atoms with Gasteiger partial charge in [-0.3, -0.25) is 4.90 Å². The highest BCUT2D eigenvalue weighted by molar-refractivity contribution is 6.01. The van der Waals surface area contributed by atoms with Crippen LogP contribution in [0.3, 0.4) is 0 Å². The lowest BCUT2D eigenvalue weighted by Crippen LogP contribution is -2.38. The summed E-state index contributed by atoms with van der Waals surface area (Å²) in [5.74, 6) is 2.39. The van der Waals surface area contributed by atoms with Crippen LogP contribution in [0.25, 0.3) is 21.9 Å². The third-order valence-corrected chi connectivity index (χ3v) is 6.83. The number of nitrogens with zero attached hydrogens (tertiary/aromatic N) is 1. The average Bonchev–Trinajstić information content (AvgIpc) is 2.76. The summed E-state index contributed by atoms with van der Waals surface area (Å²) in [4.78, 5) is 2.36. The van der Waals surface area contributed by atoms with Crippen LogP contribution in [-0.2, 0) is 6.42 Å². The molecule has 1 aliphatic heterocycles. The van der Waals surface area contributed by atoms with Crippen LogP contribution in [0.4, 0.5) is 0 Å². The van der Waals surface area contributed by atoms with E-state index in [1.807, 2.05) is 31.2 Å². The van der Waals surface area contributed by atoms with Gasteiger partial charge in [-0.15, -0.1) is 0 Å². The highest BCUT2D eigenvalue weighted by atomic mass is 16.5. The molecule has 5 nitrogen and oxygen atoms in total. The highest BCUT2D eigenvalue weighted by Gasteiger charge is 2.34. The van der Waals surface area contributed by atoms with E-state index in [1.54, 1.807) is 21.3 Å². The summed E-state index contributed by atoms with van der Waals surface area (Å²) in [7, 11) is 7.14. The van der Waals surface area contributed by atoms with Crippen molar-refractivity contribution in [2.24, 2.45) is 0 Å². The molecule has 0 aromatic heterocycles. The Morgan fingerprint density at radius 1 is 0.935 bits per heavy atom. The summed E-state index contributed by atoms with van der Waals surface area (Å²) in [5, 5.41) is 13.2. The van der Waals surface area contributed by atoms with Gasteiger partial charge in [0.25, 0.3) is 0 Å². The quantitative estimate of drug-likeness (QED) is 0.604. The van der Waals surface area contributed by atoms with Gasteiger partial charge >= 0.3 is 0 Å². The first-order valence-corrected chi connectivity index (χ1v) is 10.6. The average molecular weight is 422 g/mol. The zero-order valence-corrected chi connectivity index (χ0v) is 19.4. The van der Waals surface area contributed by atoms with Crippen LogP contribution >= 0.6 is 0 Å². The Kier molecular flexibility index (Phi) is 5.48. The molecular weight excluding hydrogens is 390 g/mol. The van der Waals surface area contributed by atoms with E-state index in [-0.39, 0.29) is 11.8 Å². The van der Waals surface area contributed by atoms with Gasteiger partial charge < -0.3 is 19.3 Å². The molecule has 0 saturated heterocycles. The number of phenols is 1. The fraction of sp³-hybridized carbons (Fsp3) is 0.385. The molecule has 3 aromatic carbocycles. The third-order valence-electron chi connectivity index (χ3n) is 6.83. The minimum absolute atomic E-state index is 0.177. The normalized spacial score (nSPS) is 18.7. The summed E-state index contributed by atoms with van der Waals surface area (Å²) < 4.78 is 17.2. The maximum absolute atomic E-state index is 11.6.